The largest absolute Gasteiger partial charge is 0.427 e. The van der Waals surface area contributed by atoms with E-state index in [1.807, 2.05) is 11.8 Å². The number of pyridine rings is 1. The molecule has 2 rings (SSSR count). The van der Waals surface area contributed by atoms with E-state index < -0.39 is 0 Å². The van der Waals surface area contributed by atoms with Crippen LogP contribution < -0.4 is 10.3 Å². The topological polar surface area (TPSA) is 52.3 Å². The van der Waals surface area contributed by atoms with Crippen molar-refractivity contribution in [1.82, 2.24) is 4.73 Å². The smallest absolute Gasteiger partial charge is 0.146 e. The Morgan fingerprint density at radius 2 is 2.07 bits per heavy atom. The van der Waals surface area contributed by atoms with E-state index >= 15 is 0 Å². The first-order valence-electron chi connectivity index (χ1n) is 4.56. The van der Waals surface area contributed by atoms with E-state index in [9.17, 15) is 5.21 Å². The lowest BCUT2D eigenvalue weighted by Gasteiger charge is -2.28. The standard InChI is InChI=1S/C9H13N3OS/c10-8-1-2-12(13)9(7-8)11-3-5-14-6-4-11/h1-2,7,10,13H,3-6H2. The van der Waals surface area contributed by atoms with Crippen LogP contribution in [0.25, 0.3) is 0 Å². The number of nitrogens with zero attached hydrogens (tertiary/aromatic N) is 2. The Kier molecular flexibility index (Phi) is 2.67. The molecule has 76 valence electrons. The summed E-state index contributed by atoms with van der Waals surface area (Å²) < 4.78 is 1.09. The lowest BCUT2D eigenvalue weighted by atomic mass is 10.4. The van der Waals surface area contributed by atoms with Gasteiger partial charge in [0.15, 0.2) is 0 Å². The quantitative estimate of drug-likeness (QED) is 0.674. The molecule has 5 heteroatoms. The van der Waals surface area contributed by atoms with Crippen LogP contribution in [0, 0.1) is 5.41 Å². The zero-order valence-corrected chi connectivity index (χ0v) is 8.63. The molecule has 1 aliphatic heterocycles. The summed E-state index contributed by atoms with van der Waals surface area (Å²) in [4.78, 5) is 2.11. The van der Waals surface area contributed by atoms with Gasteiger partial charge in [0.1, 0.15) is 5.82 Å². The summed E-state index contributed by atoms with van der Waals surface area (Å²) in [7, 11) is 0. The Labute approximate surface area is 86.6 Å². The molecule has 14 heavy (non-hydrogen) atoms. The Balaban J connectivity index is 2.29. The van der Waals surface area contributed by atoms with E-state index in [2.05, 4.69) is 4.90 Å². The molecular formula is C9H13N3OS. The van der Waals surface area contributed by atoms with Crippen LogP contribution in [0.5, 0.6) is 0 Å². The van der Waals surface area contributed by atoms with Gasteiger partial charge in [-0.3, -0.25) is 0 Å². The van der Waals surface area contributed by atoms with Crippen LogP contribution in [-0.4, -0.2) is 34.5 Å². The van der Waals surface area contributed by atoms with Gasteiger partial charge in [-0.25, -0.2) is 0 Å². The maximum Gasteiger partial charge on any atom is 0.146 e. The van der Waals surface area contributed by atoms with Crippen molar-refractivity contribution in [2.45, 2.75) is 0 Å². The van der Waals surface area contributed by atoms with Gasteiger partial charge in [0, 0.05) is 36.9 Å². The van der Waals surface area contributed by atoms with Gasteiger partial charge in [0.2, 0.25) is 0 Å². The fourth-order valence-electron chi connectivity index (χ4n) is 1.51. The maximum atomic E-state index is 9.57. The molecule has 0 amide bonds. The highest BCUT2D eigenvalue weighted by Crippen LogP contribution is 2.16. The number of nitrogens with one attached hydrogen (secondary N) is 1. The van der Waals surface area contributed by atoms with Gasteiger partial charge in [0.05, 0.1) is 5.36 Å². The van der Waals surface area contributed by atoms with Crippen molar-refractivity contribution < 1.29 is 5.21 Å². The molecule has 1 aliphatic rings. The van der Waals surface area contributed by atoms with Gasteiger partial charge in [-0.1, -0.05) is 0 Å². The number of rotatable bonds is 1. The van der Waals surface area contributed by atoms with Gasteiger partial charge in [-0.15, -0.1) is 0 Å². The van der Waals surface area contributed by atoms with Crippen LogP contribution in [0.1, 0.15) is 0 Å². The number of thioether (sulfide) groups is 1. The number of anilines is 1. The molecular weight excluding hydrogens is 198 g/mol. The van der Waals surface area contributed by atoms with E-state index in [0.29, 0.717) is 5.36 Å². The third-order valence-electron chi connectivity index (χ3n) is 2.25. The van der Waals surface area contributed by atoms with Crippen molar-refractivity contribution in [3.63, 3.8) is 0 Å². The predicted octanol–water partition coefficient (Wildman–Crippen LogP) is 0.758. The summed E-state index contributed by atoms with van der Waals surface area (Å²) in [6.45, 7) is 1.88. The van der Waals surface area contributed by atoms with Crippen molar-refractivity contribution in [2.24, 2.45) is 0 Å². The zero-order chi connectivity index (χ0) is 9.97. The molecule has 1 saturated heterocycles. The lowest BCUT2D eigenvalue weighted by molar-refractivity contribution is 0.186. The molecule has 0 spiro atoms. The molecule has 0 saturated carbocycles. The normalized spacial score (nSPS) is 17.0. The van der Waals surface area contributed by atoms with Crippen molar-refractivity contribution in [2.75, 3.05) is 29.5 Å². The van der Waals surface area contributed by atoms with Gasteiger partial charge in [-0.05, 0) is 6.07 Å². The first kappa shape index (κ1) is 9.45. The number of hydrogen-bond acceptors (Lipinski definition) is 4. The van der Waals surface area contributed by atoms with Gasteiger partial charge in [0.25, 0.3) is 0 Å². The SMILES string of the molecule is N=c1ccn(O)c(N2CCSCC2)c1. The van der Waals surface area contributed by atoms with Crippen LogP contribution in [0.3, 0.4) is 0 Å². The second-order valence-electron chi connectivity index (χ2n) is 3.22. The summed E-state index contributed by atoms with van der Waals surface area (Å²) in [6, 6.07) is 3.26. The zero-order valence-electron chi connectivity index (χ0n) is 7.81. The molecule has 2 heterocycles. The van der Waals surface area contributed by atoms with Crippen LogP contribution in [0.4, 0.5) is 5.82 Å². The van der Waals surface area contributed by atoms with Gasteiger partial charge in [-0.2, -0.15) is 16.5 Å². The molecule has 0 bridgehead atoms. The van der Waals surface area contributed by atoms with Crippen LogP contribution >= 0.6 is 11.8 Å². The fraction of sp³-hybridized carbons (Fsp3) is 0.444. The van der Waals surface area contributed by atoms with Gasteiger partial charge >= 0.3 is 0 Å². The highest BCUT2D eigenvalue weighted by Gasteiger charge is 2.13. The third-order valence-corrected chi connectivity index (χ3v) is 3.19. The molecule has 1 fully saturated rings. The minimum absolute atomic E-state index is 0.434. The highest BCUT2D eigenvalue weighted by molar-refractivity contribution is 7.99. The monoisotopic (exact) mass is 211 g/mol. The molecule has 0 atom stereocenters. The Bertz CT molecular complexity index is 371. The minimum Gasteiger partial charge on any atom is -0.427 e. The van der Waals surface area contributed by atoms with Gasteiger partial charge < -0.3 is 15.5 Å². The lowest BCUT2D eigenvalue weighted by Crippen LogP contribution is -2.35. The van der Waals surface area contributed by atoms with Crippen molar-refractivity contribution >= 4 is 17.6 Å². The first-order valence-corrected chi connectivity index (χ1v) is 5.72. The predicted molar refractivity (Wildman–Crippen MR) is 57.0 cm³/mol. The highest BCUT2D eigenvalue weighted by atomic mass is 32.2. The van der Waals surface area contributed by atoms with Crippen LogP contribution in [-0.2, 0) is 0 Å². The Morgan fingerprint density at radius 1 is 1.36 bits per heavy atom. The van der Waals surface area contributed by atoms with E-state index in [-0.39, 0.29) is 0 Å². The van der Waals surface area contributed by atoms with Crippen molar-refractivity contribution in [1.29, 1.82) is 5.41 Å². The van der Waals surface area contributed by atoms with E-state index in [4.69, 9.17) is 5.41 Å². The number of hydrogen-bond donors (Lipinski definition) is 2. The summed E-state index contributed by atoms with van der Waals surface area (Å²) in [5.41, 5.74) is 0. The third kappa shape index (κ3) is 1.87. The van der Waals surface area contributed by atoms with Crippen LogP contribution in [0.2, 0.25) is 0 Å². The second kappa shape index (κ2) is 3.96. The van der Waals surface area contributed by atoms with E-state index in [1.54, 1.807) is 12.1 Å². The summed E-state index contributed by atoms with van der Waals surface area (Å²) in [6.07, 6.45) is 1.51. The van der Waals surface area contributed by atoms with E-state index in [0.717, 1.165) is 35.1 Å². The first-order chi connectivity index (χ1) is 6.77. The summed E-state index contributed by atoms with van der Waals surface area (Å²) >= 11 is 1.92. The molecule has 1 aromatic rings. The van der Waals surface area contributed by atoms with Crippen molar-refractivity contribution in [3.8, 4) is 0 Å². The molecule has 0 radical (unpaired) electrons. The maximum absolute atomic E-state index is 9.57. The molecule has 2 N–H and O–H groups in total. The molecule has 0 aliphatic carbocycles. The molecule has 4 nitrogen and oxygen atoms in total. The fourth-order valence-corrected chi connectivity index (χ4v) is 2.41. The second-order valence-corrected chi connectivity index (χ2v) is 4.44. The molecule has 1 aromatic heterocycles. The average molecular weight is 211 g/mol. The molecule has 0 unspecified atom stereocenters. The van der Waals surface area contributed by atoms with E-state index in [1.165, 1.54) is 6.20 Å². The number of aromatic nitrogens is 1. The average Bonchev–Trinajstić information content (AvgIpc) is 2.23. The van der Waals surface area contributed by atoms with Crippen LogP contribution in [0.15, 0.2) is 18.3 Å². The molecule has 0 aromatic carbocycles. The summed E-state index contributed by atoms with van der Waals surface area (Å²) in [5, 5.41) is 17.5. The minimum atomic E-state index is 0.434. The van der Waals surface area contributed by atoms with Crippen molar-refractivity contribution in [3.05, 3.63) is 23.7 Å². The Morgan fingerprint density at radius 3 is 2.79 bits per heavy atom. The Hall–Kier alpha value is -1.10. The summed E-state index contributed by atoms with van der Waals surface area (Å²) in [5.74, 6) is 2.89.